The van der Waals surface area contributed by atoms with E-state index in [1.54, 1.807) is 27.7 Å². The van der Waals surface area contributed by atoms with Gasteiger partial charge in [0.25, 0.3) is 0 Å². The lowest BCUT2D eigenvalue weighted by atomic mass is 9.76. The van der Waals surface area contributed by atoms with Crippen molar-refractivity contribution in [2.75, 3.05) is 25.0 Å². The average molecular weight is 421 g/mol. The molecule has 4 rings (SSSR count). The second-order valence-corrected chi connectivity index (χ2v) is 10.8. The molecule has 1 saturated heterocycles. The van der Waals surface area contributed by atoms with Gasteiger partial charge in [0.15, 0.2) is 5.13 Å². The molecule has 8 heteroatoms. The Morgan fingerprint density at radius 2 is 2.00 bits per heavy atom. The van der Waals surface area contributed by atoms with E-state index in [1.807, 2.05) is 7.05 Å². The van der Waals surface area contributed by atoms with Crippen molar-refractivity contribution in [2.45, 2.75) is 52.5 Å². The van der Waals surface area contributed by atoms with Gasteiger partial charge >= 0.3 is 5.97 Å². The molecule has 0 spiro atoms. The predicted molar refractivity (Wildman–Crippen MR) is 115 cm³/mol. The van der Waals surface area contributed by atoms with Gasteiger partial charge in [0.05, 0.1) is 27.6 Å². The van der Waals surface area contributed by atoms with Gasteiger partial charge in [-0.2, -0.15) is 0 Å². The fraction of sp³-hybridized carbons (Fsp3) is 0.600. The van der Waals surface area contributed by atoms with Gasteiger partial charge < -0.3 is 10.0 Å². The molecule has 1 aliphatic heterocycles. The summed E-state index contributed by atoms with van der Waals surface area (Å²) in [4.78, 5) is 22.6. The minimum absolute atomic E-state index is 0.143. The first-order chi connectivity index (χ1) is 13.2. The van der Waals surface area contributed by atoms with Gasteiger partial charge in [-0.3, -0.25) is 5.84 Å². The van der Waals surface area contributed by atoms with Crippen LogP contribution in [0.4, 0.5) is 5.13 Å². The highest BCUT2D eigenvalue weighted by Gasteiger charge is 2.34. The Balaban J connectivity index is 1.84. The first-order valence-corrected chi connectivity index (χ1v) is 11.5. The molecular formula is C20H28N4O2S2. The summed E-state index contributed by atoms with van der Waals surface area (Å²) in [5.74, 6) is 5.11. The van der Waals surface area contributed by atoms with Crippen LogP contribution in [0.3, 0.4) is 0 Å². The van der Waals surface area contributed by atoms with Crippen LogP contribution in [0.1, 0.15) is 59.6 Å². The van der Waals surface area contributed by atoms with Gasteiger partial charge in [-0.25, -0.2) is 14.8 Å². The summed E-state index contributed by atoms with van der Waals surface area (Å²) in [6.07, 6.45) is 5.24. The minimum atomic E-state index is -0.826. The molecule has 6 nitrogen and oxygen atoms in total. The standard InChI is InChI=1S/C20H28N4O2S2/c1-20(2)7-6-14-12(10-20)15(18(25)26)17(27-14)16-13(11-23(3)21)22-19(28-16)24-8-4-5-9-24/h4-11,21H2,1-3H3,(H,25,26). The van der Waals surface area contributed by atoms with Crippen LogP contribution < -0.4 is 10.7 Å². The predicted octanol–water partition coefficient (Wildman–Crippen LogP) is 3.99. The Bertz CT molecular complexity index is 894. The number of hydrazine groups is 1. The average Bonchev–Trinajstić information content (AvgIpc) is 3.29. The molecule has 152 valence electrons. The van der Waals surface area contributed by atoms with Crippen LogP contribution in [-0.4, -0.2) is 41.2 Å². The molecule has 0 saturated carbocycles. The lowest BCUT2D eigenvalue weighted by molar-refractivity contribution is 0.0696. The smallest absolute Gasteiger partial charge is 0.337 e. The zero-order valence-electron chi connectivity index (χ0n) is 16.7. The summed E-state index contributed by atoms with van der Waals surface area (Å²) in [6.45, 7) is 7.00. The van der Waals surface area contributed by atoms with E-state index in [0.29, 0.717) is 12.1 Å². The summed E-state index contributed by atoms with van der Waals surface area (Å²) in [5, 5.41) is 12.7. The molecule has 2 aromatic rings. The zero-order valence-corrected chi connectivity index (χ0v) is 18.4. The first kappa shape index (κ1) is 19.8. The van der Waals surface area contributed by atoms with E-state index in [0.717, 1.165) is 58.5 Å². The highest BCUT2D eigenvalue weighted by Crippen LogP contribution is 2.48. The van der Waals surface area contributed by atoms with E-state index >= 15 is 0 Å². The molecular weight excluding hydrogens is 392 g/mol. The number of hydrogen-bond acceptors (Lipinski definition) is 7. The van der Waals surface area contributed by atoms with Gasteiger partial charge in [0.1, 0.15) is 0 Å². The quantitative estimate of drug-likeness (QED) is 0.562. The van der Waals surface area contributed by atoms with Crippen LogP contribution >= 0.6 is 22.7 Å². The molecule has 0 atom stereocenters. The van der Waals surface area contributed by atoms with E-state index in [1.165, 1.54) is 17.7 Å². The molecule has 3 heterocycles. The summed E-state index contributed by atoms with van der Waals surface area (Å²) in [6, 6.07) is 0. The number of aromatic nitrogens is 1. The zero-order chi connectivity index (χ0) is 20.1. The molecule has 0 radical (unpaired) electrons. The van der Waals surface area contributed by atoms with E-state index in [2.05, 4.69) is 18.7 Å². The SMILES string of the molecule is CN(N)Cc1nc(N2CCCC2)sc1-c1sc2c(c1C(=O)O)CC(C)(C)CC2. The Labute approximate surface area is 174 Å². The third kappa shape index (κ3) is 3.70. The van der Waals surface area contributed by atoms with E-state index in [-0.39, 0.29) is 5.41 Å². The second kappa shape index (κ2) is 7.40. The molecule has 28 heavy (non-hydrogen) atoms. The number of thiazole rings is 1. The van der Waals surface area contributed by atoms with Crippen LogP contribution in [0.15, 0.2) is 0 Å². The number of rotatable bonds is 5. The van der Waals surface area contributed by atoms with E-state index in [4.69, 9.17) is 10.8 Å². The maximum Gasteiger partial charge on any atom is 0.337 e. The van der Waals surface area contributed by atoms with E-state index in [9.17, 15) is 9.90 Å². The highest BCUT2D eigenvalue weighted by atomic mass is 32.1. The number of hydrogen-bond donors (Lipinski definition) is 2. The number of carboxylic acid groups (broad SMARTS) is 1. The van der Waals surface area contributed by atoms with Crippen molar-refractivity contribution < 1.29 is 9.90 Å². The number of carboxylic acids is 1. The number of aromatic carboxylic acids is 1. The van der Waals surface area contributed by atoms with Crippen LogP contribution in [-0.2, 0) is 19.4 Å². The Kier molecular flexibility index (Phi) is 5.24. The van der Waals surface area contributed by atoms with Crippen molar-refractivity contribution >= 4 is 33.8 Å². The highest BCUT2D eigenvalue weighted by molar-refractivity contribution is 7.24. The maximum absolute atomic E-state index is 12.3. The number of anilines is 1. The number of fused-ring (bicyclic) bond motifs is 1. The van der Waals surface area contributed by atoms with Crippen LogP contribution in [0, 0.1) is 5.41 Å². The number of carbonyl (C=O) groups is 1. The van der Waals surface area contributed by atoms with Crippen molar-refractivity contribution in [3.8, 4) is 9.75 Å². The number of aryl methyl sites for hydroxylation is 1. The van der Waals surface area contributed by atoms with Crippen molar-refractivity contribution in [1.82, 2.24) is 9.99 Å². The van der Waals surface area contributed by atoms with E-state index < -0.39 is 5.97 Å². The van der Waals surface area contributed by atoms with Gasteiger partial charge in [0, 0.05) is 25.0 Å². The topological polar surface area (TPSA) is 82.7 Å². The first-order valence-electron chi connectivity index (χ1n) is 9.84. The summed E-state index contributed by atoms with van der Waals surface area (Å²) in [5.41, 5.74) is 2.55. The lowest BCUT2D eigenvalue weighted by Crippen LogP contribution is -2.25. The summed E-state index contributed by atoms with van der Waals surface area (Å²) >= 11 is 3.28. The van der Waals surface area contributed by atoms with Crippen molar-refractivity contribution in [2.24, 2.45) is 11.3 Å². The molecule has 2 aliphatic rings. The maximum atomic E-state index is 12.3. The molecule has 1 aliphatic carbocycles. The van der Waals surface area contributed by atoms with Crippen molar-refractivity contribution in [3.63, 3.8) is 0 Å². The Morgan fingerprint density at radius 3 is 2.64 bits per heavy atom. The molecule has 0 aromatic carbocycles. The van der Waals surface area contributed by atoms with Crippen LogP contribution in [0.2, 0.25) is 0 Å². The number of thiophene rings is 1. The molecule has 0 unspecified atom stereocenters. The molecule has 3 N–H and O–H groups in total. The molecule has 0 bridgehead atoms. The lowest BCUT2D eigenvalue weighted by Gasteiger charge is -2.29. The fourth-order valence-electron chi connectivity index (χ4n) is 4.21. The molecule has 1 fully saturated rings. The van der Waals surface area contributed by atoms with Gasteiger partial charge in [-0.05, 0) is 43.1 Å². The van der Waals surface area contributed by atoms with Crippen molar-refractivity contribution in [3.05, 3.63) is 21.7 Å². The minimum Gasteiger partial charge on any atom is -0.478 e. The molecule has 2 aromatic heterocycles. The number of nitrogens with two attached hydrogens (primary N) is 1. The summed E-state index contributed by atoms with van der Waals surface area (Å²) in [7, 11) is 1.82. The van der Waals surface area contributed by atoms with Crippen LogP contribution in [0.5, 0.6) is 0 Å². The van der Waals surface area contributed by atoms with Gasteiger partial charge in [0.2, 0.25) is 0 Å². The Morgan fingerprint density at radius 1 is 1.29 bits per heavy atom. The van der Waals surface area contributed by atoms with Crippen LogP contribution in [0.25, 0.3) is 9.75 Å². The summed E-state index contributed by atoms with van der Waals surface area (Å²) < 4.78 is 0. The second-order valence-electron chi connectivity index (χ2n) is 8.74. The number of nitrogens with zero attached hydrogens (tertiary/aromatic N) is 3. The third-order valence-electron chi connectivity index (χ3n) is 5.66. The van der Waals surface area contributed by atoms with Crippen molar-refractivity contribution in [1.29, 1.82) is 0 Å². The molecule has 0 amide bonds. The largest absolute Gasteiger partial charge is 0.478 e. The third-order valence-corrected chi connectivity index (χ3v) is 8.27. The van der Waals surface area contributed by atoms with Gasteiger partial charge in [-0.1, -0.05) is 25.2 Å². The monoisotopic (exact) mass is 420 g/mol. The normalized spacial score (nSPS) is 18.7. The Hall–Kier alpha value is -1.48. The van der Waals surface area contributed by atoms with Gasteiger partial charge in [-0.15, -0.1) is 11.3 Å². The fourth-order valence-corrected chi connectivity index (χ4v) is 6.80.